The molecule has 0 saturated heterocycles. The zero-order valence-electron chi connectivity index (χ0n) is 14.2. The SMILES string of the molecule is CCCCO/C=C(/C=C/S(=O)(=O)c1ccccc1)[Se]c1ccccc1. The van der Waals surface area contributed by atoms with E-state index >= 15 is 0 Å². The van der Waals surface area contributed by atoms with Crippen LogP contribution in [-0.2, 0) is 14.6 Å². The minimum absolute atomic E-state index is 0.0177. The molecule has 0 aromatic heterocycles. The summed E-state index contributed by atoms with van der Waals surface area (Å²) in [5.74, 6) is 0. The number of hydrogen-bond acceptors (Lipinski definition) is 3. The molecule has 0 fully saturated rings. The molecule has 0 heterocycles. The van der Waals surface area contributed by atoms with Crippen LogP contribution in [0.25, 0.3) is 0 Å². The average Bonchev–Trinajstić information content (AvgIpc) is 2.64. The standard InChI is InChI=1S/C20H22O3SSe/c1-2-3-15-23-17-20(25-19-12-8-5-9-13-19)14-16-24(21,22)18-10-6-4-7-11-18/h4-14,16-17H,2-3,15H2,1H3/b16-14+,20-17-. The van der Waals surface area contributed by atoms with Gasteiger partial charge in [-0.1, -0.05) is 0 Å². The number of hydrogen-bond donors (Lipinski definition) is 0. The summed E-state index contributed by atoms with van der Waals surface area (Å²) in [6.07, 6.45) is 5.39. The molecular formula is C20H22O3SSe. The zero-order valence-corrected chi connectivity index (χ0v) is 16.7. The first kappa shape index (κ1) is 19.5. The monoisotopic (exact) mass is 422 g/mol. The Morgan fingerprint density at radius 3 is 2.32 bits per heavy atom. The summed E-state index contributed by atoms with van der Waals surface area (Å²) in [6.45, 7) is 2.75. The van der Waals surface area contributed by atoms with Crippen molar-refractivity contribution >= 4 is 29.3 Å². The van der Waals surface area contributed by atoms with Gasteiger partial charge in [0.2, 0.25) is 0 Å². The number of allylic oxidation sites excluding steroid dienone is 2. The molecule has 0 aliphatic rings. The Morgan fingerprint density at radius 1 is 1.04 bits per heavy atom. The first-order valence-corrected chi connectivity index (χ1v) is 11.4. The van der Waals surface area contributed by atoms with Crippen LogP contribution in [0, 0.1) is 0 Å². The van der Waals surface area contributed by atoms with Gasteiger partial charge in [0.1, 0.15) is 0 Å². The Bertz CT molecular complexity index is 797. The van der Waals surface area contributed by atoms with E-state index in [0.29, 0.717) is 11.5 Å². The van der Waals surface area contributed by atoms with Crippen molar-refractivity contribution in [2.75, 3.05) is 6.61 Å². The number of ether oxygens (including phenoxy) is 1. The Hall–Kier alpha value is -1.81. The quantitative estimate of drug-likeness (QED) is 0.269. The predicted molar refractivity (Wildman–Crippen MR) is 104 cm³/mol. The van der Waals surface area contributed by atoms with Gasteiger partial charge in [0.05, 0.1) is 0 Å². The number of benzene rings is 2. The van der Waals surface area contributed by atoms with E-state index in [-0.39, 0.29) is 15.0 Å². The van der Waals surface area contributed by atoms with Crippen LogP contribution >= 0.6 is 0 Å². The van der Waals surface area contributed by atoms with Crippen molar-refractivity contribution in [3.63, 3.8) is 0 Å². The van der Waals surface area contributed by atoms with Crippen molar-refractivity contribution in [3.05, 3.63) is 82.9 Å². The average molecular weight is 421 g/mol. The molecule has 132 valence electrons. The normalized spacial score (nSPS) is 12.4. The number of unbranched alkanes of at least 4 members (excludes halogenated alkanes) is 1. The van der Waals surface area contributed by atoms with E-state index < -0.39 is 9.84 Å². The molecule has 0 bridgehead atoms. The van der Waals surface area contributed by atoms with Crippen LogP contribution in [0.2, 0.25) is 0 Å². The molecule has 0 aliphatic carbocycles. The third-order valence-electron chi connectivity index (χ3n) is 3.28. The van der Waals surface area contributed by atoms with Gasteiger partial charge in [-0.25, -0.2) is 0 Å². The maximum absolute atomic E-state index is 12.4. The van der Waals surface area contributed by atoms with Gasteiger partial charge in [0.25, 0.3) is 0 Å². The topological polar surface area (TPSA) is 43.4 Å². The fraction of sp³-hybridized carbons (Fsp3) is 0.200. The fourth-order valence-corrected chi connectivity index (χ4v) is 4.87. The van der Waals surface area contributed by atoms with E-state index in [2.05, 4.69) is 6.92 Å². The molecule has 0 saturated carbocycles. The van der Waals surface area contributed by atoms with Gasteiger partial charge in [-0.3, -0.25) is 0 Å². The molecule has 2 aromatic carbocycles. The summed E-state index contributed by atoms with van der Waals surface area (Å²) < 4.78 is 32.5. The van der Waals surface area contributed by atoms with Crippen LogP contribution in [0.4, 0.5) is 0 Å². The number of rotatable bonds is 9. The van der Waals surface area contributed by atoms with Gasteiger partial charge < -0.3 is 0 Å². The van der Waals surface area contributed by atoms with E-state index in [1.54, 1.807) is 42.7 Å². The van der Waals surface area contributed by atoms with Gasteiger partial charge in [0.15, 0.2) is 0 Å². The fourth-order valence-electron chi connectivity index (χ4n) is 1.94. The van der Waals surface area contributed by atoms with Crippen LogP contribution < -0.4 is 4.46 Å². The van der Waals surface area contributed by atoms with Gasteiger partial charge >= 0.3 is 157 Å². The molecule has 5 heteroatoms. The Morgan fingerprint density at radius 2 is 1.68 bits per heavy atom. The molecule has 2 rings (SSSR count). The molecule has 0 aliphatic heterocycles. The van der Waals surface area contributed by atoms with E-state index in [0.717, 1.165) is 17.3 Å². The summed E-state index contributed by atoms with van der Waals surface area (Å²) in [5.41, 5.74) is 0. The van der Waals surface area contributed by atoms with Gasteiger partial charge in [0, 0.05) is 0 Å². The van der Waals surface area contributed by atoms with Crippen molar-refractivity contribution < 1.29 is 13.2 Å². The second kappa shape index (κ2) is 10.2. The second-order valence-corrected chi connectivity index (χ2v) is 9.56. The van der Waals surface area contributed by atoms with Crippen LogP contribution in [0.1, 0.15) is 19.8 Å². The molecule has 0 spiro atoms. The van der Waals surface area contributed by atoms with E-state index in [4.69, 9.17) is 4.74 Å². The predicted octanol–water partition coefficient (Wildman–Crippen LogP) is 3.66. The molecule has 25 heavy (non-hydrogen) atoms. The van der Waals surface area contributed by atoms with E-state index in [1.807, 2.05) is 30.3 Å². The zero-order chi connectivity index (χ0) is 18.0. The van der Waals surface area contributed by atoms with Crippen molar-refractivity contribution in [1.82, 2.24) is 0 Å². The Labute approximate surface area is 156 Å². The second-order valence-electron chi connectivity index (χ2n) is 5.32. The molecule has 0 amide bonds. The minimum atomic E-state index is -3.45. The molecule has 2 aromatic rings. The third kappa shape index (κ3) is 6.91. The van der Waals surface area contributed by atoms with Gasteiger partial charge in [-0.2, -0.15) is 0 Å². The van der Waals surface area contributed by atoms with Crippen molar-refractivity contribution in [2.45, 2.75) is 24.7 Å². The van der Waals surface area contributed by atoms with Crippen LogP contribution in [-0.4, -0.2) is 30.0 Å². The Balaban J connectivity index is 2.17. The van der Waals surface area contributed by atoms with Crippen LogP contribution in [0.3, 0.4) is 0 Å². The van der Waals surface area contributed by atoms with Crippen molar-refractivity contribution in [1.29, 1.82) is 0 Å². The molecular weight excluding hydrogens is 399 g/mol. The third-order valence-corrected chi connectivity index (χ3v) is 6.75. The first-order chi connectivity index (χ1) is 12.1. The van der Waals surface area contributed by atoms with Crippen LogP contribution in [0.5, 0.6) is 0 Å². The first-order valence-electron chi connectivity index (χ1n) is 8.14. The number of sulfone groups is 1. The summed E-state index contributed by atoms with van der Waals surface area (Å²) in [4.78, 5) is 0.296. The summed E-state index contributed by atoms with van der Waals surface area (Å²) in [5, 5.41) is 1.27. The molecule has 3 nitrogen and oxygen atoms in total. The van der Waals surface area contributed by atoms with Gasteiger partial charge in [-0.05, 0) is 0 Å². The molecule has 0 atom stereocenters. The Kier molecular flexibility index (Phi) is 7.99. The van der Waals surface area contributed by atoms with Crippen molar-refractivity contribution in [3.8, 4) is 0 Å². The van der Waals surface area contributed by atoms with E-state index in [9.17, 15) is 8.42 Å². The molecule has 0 unspecified atom stereocenters. The maximum atomic E-state index is 12.4. The summed E-state index contributed by atoms with van der Waals surface area (Å²) in [7, 11) is -3.45. The summed E-state index contributed by atoms with van der Waals surface area (Å²) >= 11 is -0.0177. The van der Waals surface area contributed by atoms with Gasteiger partial charge in [-0.15, -0.1) is 0 Å². The van der Waals surface area contributed by atoms with Crippen LogP contribution in [0.15, 0.2) is 87.8 Å². The van der Waals surface area contributed by atoms with E-state index in [1.165, 1.54) is 9.87 Å². The molecule has 0 radical (unpaired) electrons. The van der Waals surface area contributed by atoms with Crippen molar-refractivity contribution in [2.24, 2.45) is 0 Å². The summed E-state index contributed by atoms with van der Waals surface area (Å²) in [6, 6.07) is 18.5. The molecule has 0 N–H and O–H groups in total.